The quantitative estimate of drug-likeness (QED) is 0.669. The molecule has 0 atom stereocenters. The predicted octanol–water partition coefficient (Wildman–Crippen LogP) is 3.45. The Labute approximate surface area is 118 Å². The van der Waals surface area contributed by atoms with E-state index < -0.39 is 0 Å². The van der Waals surface area contributed by atoms with Gasteiger partial charge in [0.25, 0.3) is 0 Å². The summed E-state index contributed by atoms with van der Waals surface area (Å²) in [4.78, 5) is 0. The van der Waals surface area contributed by atoms with Gasteiger partial charge in [0.1, 0.15) is 24.0 Å². The molecule has 98 valence electrons. The maximum absolute atomic E-state index is 13.2. The highest BCUT2D eigenvalue weighted by Crippen LogP contribution is 2.22. The van der Waals surface area contributed by atoms with Crippen LogP contribution in [0.15, 0.2) is 46.9 Å². The average Bonchev–Trinajstić information content (AvgIpc) is 2.35. The Bertz CT molecular complexity index is 596. The Morgan fingerprint density at radius 2 is 2.00 bits per heavy atom. The number of rotatable bonds is 4. The van der Waals surface area contributed by atoms with Crippen LogP contribution in [0.4, 0.5) is 4.39 Å². The molecule has 19 heavy (non-hydrogen) atoms. The summed E-state index contributed by atoms with van der Waals surface area (Å²) in [5.41, 5.74) is 6.90. The molecule has 0 saturated heterocycles. The van der Waals surface area contributed by atoms with E-state index in [1.807, 2.05) is 12.1 Å². The number of halogens is 2. The summed E-state index contributed by atoms with van der Waals surface area (Å²) in [5.74, 6) is 0.0362. The first-order chi connectivity index (χ1) is 9.06. The lowest BCUT2D eigenvalue weighted by atomic mass is 10.1. The Morgan fingerprint density at radius 3 is 2.68 bits per heavy atom. The minimum Gasteiger partial charge on any atom is -0.489 e. The van der Waals surface area contributed by atoms with Gasteiger partial charge in [-0.3, -0.25) is 5.41 Å². The van der Waals surface area contributed by atoms with Crippen LogP contribution in [-0.4, -0.2) is 5.84 Å². The minimum absolute atomic E-state index is 0.0142. The number of nitrogen functional groups attached to an aromatic ring is 1. The molecule has 0 aliphatic carbocycles. The molecule has 0 bridgehead atoms. The number of nitrogens with one attached hydrogen (secondary N) is 1. The molecule has 3 N–H and O–H groups in total. The smallest absolute Gasteiger partial charge is 0.128 e. The van der Waals surface area contributed by atoms with E-state index in [2.05, 4.69) is 15.9 Å². The van der Waals surface area contributed by atoms with Crippen LogP contribution in [0, 0.1) is 11.2 Å². The third-order valence-electron chi connectivity index (χ3n) is 2.54. The van der Waals surface area contributed by atoms with Gasteiger partial charge < -0.3 is 10.5 Å². The maximum atomic E-state index is 13.2. The SMILES string of the molecule is N=C(N)c1ccccc1COc1cc(F)cc(Br)c1. The molecule has 5 heteroatoms. The van der Waals surface area contributed by atoms with Crippen molar-refractivity contribution >= 4 is 21.8 Å². The van der Waals surface area contributed by atoms with Crippen molar-refractivity contribution in [1.29, 1.82) is 5.41 Å². The van der Waals surface area contributed by atoms with E-state index in [4.69, 9.17) is 15.9 Å². The third kappa shape index (κ3) is 3.54. The van der Waals surface area contributed by atoms with Gasteiger partial charge in [0.05, 0.1) is 0 Å². The lowest BCUT2D eigenvalue weighted by molar-refractivity contribution is 0.304. The van der Waals surface area contributed by atoms with E-state index >= 15 is 0 Å². The van der Waals surface area contributed by atoms with Gasteiger partial charge >= 0.3 is 0 Å². The van der Waals surface area contributed by atoms with Crippen LogP contribution >= 0.6 is 15.9 Å². The molecule has 2 rings (SSSR count). The standard InChI is InChI=1S/C14H12BrFN2O/c15-10-5-11(16)7-12(6-10)19-8-9-3-1-2-4-13(9)14(17)18/h1-7H,8H2,(H3,17,18). The molecule has 2 aromatic carbocycles. The predicted molar refractivity (Wildman–Crippen MR) is 75.9 cm³/mol. The Morgan fingerprint density at radius 1 is 1.26 bits per heavy atom. The molecule has 0 amide bonds. The Balaban J connectivity index is 2.16. The second-order valence-corrected chi connectivity index (χ2v) is 4.88. The molecular formula is C14H12BrFN2O. The van der Waals surface area contributed by atoms with Crippen LogP contribution in [-0.2, 0) is 6.61 Å². The fourth-order valence-corrected chi connectivity index (χ4v) is 2.13. The fourth-order valence-electron chi connectivity index (χ4n) is 1.68. The number of benzene rings is 2. The summed E-state index contributed by atoms with van der Waals surface area (Å²) in [6, 6.07) is 11.6. The molecule has 0 fully saturated rings. The van der Waals surface area contributed by atoms with Gasteiger partial charge in [0.2, 0.25) is 0 Å². The van der Waals surface area contributed by atoms with Gasteiger partial charge in [0.15, 0.2) is 0 Å². The van der Waals surface area contributed by atoms with Gasteiger partial charge in [0, 0.05) is 21.7 Å². The van der Waals surface area contributed by atoms with Crippen molar-refractivity contribution in [3.63, 3.8) is 0 Å². The van der Waals surface area contributed by atoms with Crippen molar-refractivity contribution in [3.8, 4) is 5.75 Å². The largest absolute Gasteiger partial charge is 0.489 e. The molecule has 0 spiro atoms. The number of hydrogen-bond acceptors (Lipinski definition) is 2. The fraction of sp³-hybridized carbons (Fsp3) is 0.0714. The first kappa shape index (κ1) is 13.5. The van der Waals surface area contributed by atoms with Gasteiger partial charge in [-0.15, -0.1) is 0 Å². The third-order valence-corrected chi connectivity index (χ3v) is 3.00. The van der Waals surface area contributed by atoms with Gasteiger partial charge in [-0.25, -0.2) is 4.39 Å². The van der Waals surface area contributed by atoms with Crippen molar-refractivity contribution in [2.75, 3.05) is 0 Å². The average molecular weight is 323 g/mol. The lowest BCUT2D eigenvalue weighted by Crippen LogP contribution is -2.14. The number of nitrogens with two attached hydrogens (primary N) is 1. The summed E-state index contributed by atoms with van der Waals surface area (Å²) in [6.45, 7) is 0.228. The Hall–Kier alpha value is -1.88. The van der Waals surface area contributed by atoms with Crippen LogP contribution in [0.1, 0.15) is 11.1 Å². The van der Waals surface area contributed by atoms with Crippen molar-refractivity contribution < 1.29 is 9.13 Å². The van der Waals surface area contributed by atoms with Crippen molar-refractivity contribution in [2.24, 2.45) is 5.73 Å². The molecular weight excluding hydrogens is 311 g/mol. The Kier molecular flexibility index (Phi) is 4.16. The van der Waals surface area contributed by atoms with E-state index in [9.17, 15) is 4.39 Å². The number of hydrogen-bond donors (Lipinski definition) is 2. The van der Waals surface area contributed by atoms with E-state index in [0.29, 0.717) is 15.8 Å². The minimum atomic E-state index is -0.371. The highest BCUT2D eigenvalue weighted by Gasteiger charge is 2.06. The van der Waals surface area contributed by atoms with Crippen molar-refractivity contribution in [3.05, 3.63) is 63.9 Å². The summed E-state index contributed by atoms with van der Waals surface area (Å²) in [7, 11) is 0. The van der Waals surface area contributed by atoms with Crippen LogP contribution in [0.2, 0.25) is 0 Å². The van der Waals surface area contributed by atoms with E-state index in [1.54, 1.807) is 18.2 Å². The van der Waals surface area contributed by atoms with Gasteiger partial charge in [-0.2, -0.15) is 0 Å². The highest BCUT2D eigenvalue weighted by atomic mass is 79.9. The highest BCUT2D eigenvalue weighted by molar-refractivity contribution is 9.10. The second kappa shape index (κ2) is 5.84. The summed E-state index contributed by atoms with van der Waals surface area (Å²) in [6.07, 6.45) is 0. The molecule has 0 aliphatic heterocycles. The maximum Gasteiger partial charge on any atom is 0.128 e. The lowest BCUT2D eigenvalue weighted by Gasteiger charge is -2.10. The molecule has 0 saturated carbocycles. The van der Waals surface area contributed by atoms with Gasteiger partial charge in [-0.1, -0.05) is 40.2 Å². The zero-order valence-corrected chi connectivity index (χ0v) is 11.6. The number of amidine groups is 1. The molecule has 0 unspecified atom stereocenters. The molecule has 0 heterocycles. The molecule has 0 radical (unpaired) electrons. The first-order valence-corrected chi connectivity index (χ1v) is 6.37. The molecule has 2 aromatic rings. The normalized spacial score (nSPS) is 10.2. The summed E-state index contributed by atoms with van der Waals surface area (Å²) in [5, 5.41) is 7.48. The summed E-state index contributed by atoms with van der Waals surface area (Å²) < 4.78 is 19.3. The van der Waals surface area contributed by atoms with Crippen LogP contribution in [0.25, 0.3) is 0 Å². The van der Waals surface area contributed by atoms with Gasteiger partial charge in [-0.05, 0) is 12.1 Å². The molecule has 3 nitrogen and oxygen atoms in total. The van der Waals surface area contributed by atoms with Crippen molar-refractivity contribution in [1.82, 2.24) is 0 Å². The second-order valence-electron chi connectivity index (χ2n) is 3.96. The van der Waals surface area contributed by atoms with E-state index in [0.717, 1.165) is 5.56 Å². The topological polar surface area (TPSA) is 59.1 Å². The van der Waals surface area contributed by atoms with E-state index in [-0.39, 0.29) is 18.3 Å². The summed E-state index contributed by atoms with van der Waals surface area (Å²) >= 11 is 3.20. The zero-order valence-electron chi connectivity index (χ0n) is 9.99. The van der Waals surface area contributed by atoms with Crippen LogP contribution in [0.3, 0.4) is 0 Å². The zero-order chi connectivity index (χ0) is 13.8. The monoisotopic (exact) mass is 322 g/mol. The van der Waals surface area contributed by atoms with E-state index in [1.165, 1.54) is 12.1 Å². The number of ether oxygens (including phenoxy) is 1. The van der Waals surface area contributed by atoms with Crippen LogP contribution < -0.4 is 10.5 Å². The molecule has 0 aliphatic rings. The van der Waals surface area contributed by atoms with Crippen molar-refractivity contribution in [2.45, 2.75) is 6.61 Å². The molecule has 0 aromatic heterocycles. The first-order valence-electron chi connectivity index (χ1n) is 5.57. The van der Waals surface area contributed by atoms with Crippen LogP contribution in [0.5, 0.6) is 5.75 Å².